The molecule has 2 atom stereocenters. The van der Waals surface area contributed by atoms with Gasteiger partial charge in [0, 0.05) is 12.8 Å². The van der Waals surface area contributed by atoms with Gasteiger partial charge in [0.15, 0.2) is 0 Å². The summed E-state index contributed by atoms with van der Waals surface area (Å²) >= 11 is 0. The fraction of sp³-hybridized carbons (Fsp3) is 0.877. The maximum absolute atomic E-state index is 12.5. The molecule has 6 heteroatoms. The van der Waals surface area contributed by atoms with E-state index >= 15 is 0 Å². The molecule has 0 aromatic carbocycles. The summed E-state index contributed by atoms with van der Waals surface area (Å²) in [7, 11) is 0. The van der Waals surface area contributed by atoms with Crippen LogP contribution >= 0.6 is 0 Å². The molecule has 0 radical (unpaired) electrons. The zero-order chi connectivity index (χ0) is 51.4. The van der Waals surface area contributed by atoms with Gasteiger partial charge in [0.25, 0.3) is 0 Å². The van der Waals surface area contributed by atoms with Gasteiger partial charge < -0.3 is 20.3 Å². The number of hydrogen-bond acceptors (Lipinski definition) is 5. The third-order valence-electron chi connectivity index (χ3n) is 14.7. The van der Waals surface area contributed by atoms with Crippen LogP contribution in [0.25, 0.3) is 0 Å². The van der Waals surface area contributed by atoms with Crippen LogP contribution in [0.1, 0.15) is 341 Å². The molecule has 0 saturated carbocycles. The molecular formula is C65H123NO5. The Kier molecular flexibility index (Phi) is 59.0. The van der Waals surface area contributed by atoms with Gasteiger partial charge in [-0.2, -0.15) is 0 Å². The lowest BCUT2D eigenvalue weighted by atomic mass is 10.0. The smallest absolute Gasteiger partial charge is 0.305 e. The van der Waals surface area contributed by atoms with Crippen molar-refractivity contribution in [3.8, 4) is 0 Å². The zero-order valence-electron chi connectivity index (χ0n) is 47.7. The van der Waals surface area contributed by atoms with Crippen molar-refractivity contribution in [3.63, 3.8) is 0 Å². The molecule has 2 unspecified atom stereocenters. The zero-order valence-corrected chi connectivity index (χ0v) is 47.7. The number of allylic oxidation sites excluding steroid dienone is 6. The standard InChI is InChI=1S/C65H123NO5/c1-3-5-7-9-11-13-15-17-19-21-22-23-24-25-27-29-33-37-41-45-49-53-57-63(68)62(61-67)66-64(69)58-54-50-46-42-38-34-30-28-32-36-40-44-48-52-56-60-71-65(70)59-55-51-47-43-39-35-31-26-20-18-16-14-12-10-8-6-4-2/h12,14,18,20,32,36,62-63,67-68H,3-11,13,15-17,19,21-31,33-35,37-61H2,1-2H3,(H,66,69)/b14-12-,20-18-,36-32-. The average Bonchev–Trinajstić information content (AvgIpc) is 3.37. The highest BCUT2D eigenvalue weighted by molar-refractivity contribution is 5.76. The second-order valence-corrected chi connectivity index (χ2v) is 21.7. The first-order valence-electron chi connectivity index (χ1n) is 31.7. The fourth-order valence-corrected chi connectivity index (χ4v) is 9.78. The maximum Gasteiger partial charge on any atom is 0.305 e. The molecule has 1 amide bonds. The number of esters is 1. The second-order valence-electron chi connectivity index (χ2n) is 21.7. The van der Waals surface area contributed by atoms with Crippen molar-refractivity contribution in [1.29, 1.82) is 0 Å². The third-order valence-corrected chi connectivity index (χ3v) is 14.7. The minimum Gasteiger partial charge on any atom is -0.466 e. The van der Waals surface area contributed by atoms with Crippen LogP contribution in [0.3, 0.4) is 0 Å². The van der Waals surface area contributed by atoms with Gasteiger partial charge in [0.1, 0.15) is 0 Å². The molecule has 0 aliphatic rings. The molecule has 0 aliphatic heterocycles. The van der Waals surface area contributed by atoms with Crippen LogP contribution in [-0.4, -0.2) is 47.4 Å². The van der Waals surface area contributed by atoms with Gasteiger partial charge in [-0.25, -0.2) is 0 Å². The van der Waals surface area contributed by atoms with Crippen LogP contribution in [0.5, 0.6) is 0 Å². The highest BCUT2D eigenvalue weighted by atomic mass is 16.5. The van der Waals surface area contributed by atoms with Gasteiger partial charge >= 0.3 is 5.97 Å². The quantitative estimate of drug-likeness (QED) is 0.0321. The monoisotopic (exact) mass is 998 g/mol. The number of hydrogen-bond donors (Lipinski definition) is 3. The molecule has 0 aromatic rings. The largest absolute Gasteiger partial charge is 0.466 e. The Bertz CT molecular complexity index is 1150. The number of aliphatic hydroxyl groups is 2. The number of unbranched alkanes of at least 4 members (excludes halogenated alkanes) is 42. The lowest BCUT2D eigenvalue weighted by Gasteiger charge is -2.22. The summed E-state index contributed by atoms with van der Waals surface area (Å²) in [5.74, 6) is -0.0649. The molecule has 0 aliphatic carbocycles. The van der Waals surface area contributed by atoms with Crippen molar-refractivity contribution < 1.29 is 24.5 Å². The van der Waals surface area contributed by atoms with E-state index in [2.05, 4.69) is 55.6 Å². The fourth-order valence-electron chi connectivity index (χ4n) is 9.78. The summed E-state index contributed by atoms with van der Waals surface area (Å²) in [6.45, 7) is 4.91. The molecule has 0 saturated heterocycles. The van der Waals surface area contributed by atoms with E-state index in [0.29, 0.717) is 25.9 Å². The van der Waals surface area contributed by atoms with Crippen molar-refractivity contribution >= 4 is 11.9 Å². The summed E-state index contributed by atoms with van der Waals surface area (Å²) in [6.07, 6.45) is 75.8. The van der Waals surface area contributed by atoms with Gasteiger partial charge in [-0.3, -0.25) is 9.59 Å². The number of aliphatic hydroxyl groups excluding tert-OH is 2. The van der Waals surface area contributed by atoms with Crippen molar-refractivity contribution in [2.45, 2.75) is 353 Å². The number of nitrogens with one attached hydrogen (secondary N) is 1. The molecular weight excluding hydrogens is 875 g/mol. The Balaban J connectivity index is 3.47. The number of amides is 1. The first-order valence-corrected chi connectivity index (χ1v) is 31.7. The first kappa shape index (κ1) is 69.1. The molecule has 0 aromatic heterocycles. The minimum atomic E-state index is -0.676. The van der Waals surface area contributed by atoms with E-state index in [1.807, 2.05) is 0 Å². The molecule has 71 heavy (non-hydrogen) atoms. The predicted molar refractivity (Wildman–Crippen MR) is 310 cm³/mol. The van der Waals surface area contributed by atoms with E-state index in [4.69, 9.17) is 4.74 Å². The lowest BCUT2D eigenvalue weighted by molar-refractivity contribution is -0.143. The summed E-state index contributed by atoms with van der Waals surface area (Å²) in [5.41, 5.74) is 0. The van der Waals surface area contributed by atoms with E-state index in [1.165, 1.54) is 231 Å². The van der Waals surface area contributed by atoms with E-state index < -0.39 is 12.1 Å². The Hall–Kier alpha value is -1.92. The van der Waals surface area contributed by atoms with Crippen LogP contribution in [0.2, 0.25) is 0 Å². The summed E-state index contributed by atoms with van der Waals surface area (Å²) in [5, 5.41) is 23.4. The van der Waals surface area contributed by atoms with E-state index in [1.54, 1.807) is 0 Å². The number of rotatable bonds is 59. The average molecular weight is 999 g/mol. The minimum absolute atomic E-state index is 0.0172. The summed E-state index contributed by atoms with van der Waals surface area (Å²) < 4.78 is 5.47. The second kappa shape index (κ2) is 60.6. The highest BCUT2D eigenvalue weighted by Gasteiger charge is 2.20. The molecule has 0 heterocycles. The maximum atomic E-state index is 12.5. The van der Waals surface area contributed by atoms with Crippen LogP contribution in [0, 0.1) is 0 Å². The van der Waals surface area contributed by atoms with Gasteiger partial charge in [0.2, 0.25) is 5.91 Å². The van der Waals surface area contributed by atoms with E-state index in [0.717, 1.165) is 77.0 Å². The number of ether oxygens (including phenoxy) is 1. The topological polar surface area (TPSA) is 95.9 Å². The van der Waals surface area contributed by atoms with Crippen LogP contribution < -0.4 is 5.32 Å². The number of carbonyl (C=O) groups is 2. The molecule has 0 bridgehead atoms. The Morgan fingerprint density at radius 1 is 0.394 bits per heavy atom. The van der Waals surface area contributed by atoms with Crippen LogP contribution in [0.15, 0.2) is 36.5 Å². The molecule has 0 spiro atoms. The van der Waals surface area contributed by atoms with E-state index in [9.17, 15) is 19.8 Å². The van der Waals surface area contributed by atoms with E-state index in [-0.39, 0.29) is 18.5 Å². The Labute approximate surface area is 443 Å². The Morgan fingerprint density at radius 2 is 0.704 bits per heavy atom. The molecule has 0 rings (SSSR count). The SMILES string of the molecule is CCCCC/C=C\C/C=C\CCCCCCCCCC(=O)OCCCCCC/C=C\CCCCCCCCCC(=O)NC(CO)C(O)CCCCCCCCCCCCCCCCCCCCCCCC. The van der Waals surface area contributed by atoms with Crippen molar-refractivity contribution in [1.82, 2.24) is 5.32 Å². The third kappa shape index (κ3) is 57.2. The van der Waals surface area contributed by atoms with Crippen LogP contribution in [-0.2, 0) is 14.3 Å². The number of carbonyl (C=O) groups excluding carboxylic acids is 2. The highest BCUT2D eigenvalue weighted by Crippen LogP contribution is 2.18. The lowest BCUT2D eigenvalue weighted by Crippen LogP contribution is -2.45. The summed E-state index contributed by atoms with van der Waals surface area (Å²) in [4.78, 5) is 24.6. The van der Waals surface area contributed by atoms with Crippen molar-refractivity contribution in [3.05, 3.63) is 36.5 Å². The molecule has 418 valence electrons. The van der Waals surface area contributed by atoms with Crippen molar-refractivity contribution in [2.75, 3.05) is 13.2 Å². The van der Waals surface area contributed by atoms with Gasteiger partial charge in [-0.15, -0.1) is 0 Å². The molecule has 6 nitrogen and oxygen atoms in total. The van der Waals surface area contributed by atoms with Gasteiger partial charge in [-0.1, -0.05) is 281 Å². The van der Waals surface area contributed by atoms with Gasteiger partial charge in [-0.05, 0) is 83.5 Å². The Morgan fingerprint density at radius 3 is 1.11 bits per heavy atom. The van der Waals surface area contributed by atoms with Crippen LogP contribution in [0.4, 0.5) is 0 Å². The summed E-state index contributed by atoms with van der Waals surface area (Å²) in [6, 6.07) is -0.555. The first-order chi connectivity index (χ1) is 35.0. The van der Waals surface area contributed by atoms with Gasteiger partial charge in [0.05, 0.1) is 25.4 Å². The van der Waals surface area contributed by atoms with Crippen molar-refractivity contribution in [2.24, 2.45) is 0 Å². The molecule has 0 fully saturated rings. The normalized spacial score (nSPS) is 12.8. The molecule has 3 N–H and O–H groups in total. The predicted octanol–water partition coefficient (Wildman–Crippen LogP) is 20.0.